The van der Waals surface area contributed by atoms with Gasteiger partial charge in [0.15, 0.2) is 0 Å². The van der Waals surface area contributed by atoms with Gasteiger partial charge in [-0.3, -0.25) is 0 Å². The van der Waals surface area contributed by atoms with E-state index in [9.17, 15) is 0 Å². The minimum Gasteiger partial charge on any atom is -0.313 e. The maximum atomic E-state index is 3.62. The van der Waals surface area contributed by atoms with E-state index in [0.29, 0.717) is 0 Å². The molecule has 1 aromatic carbocycles. The molecule has 0 bridgehead atoms. The monoisotopic (exact) mass is 272 g/mol. The summed E-state index contributed by atoms with van der Waals surface area (Å²) in [6.45, 7) is 10.5. The third-order valence-corrected chi connectivity index (χ3v) is 3.96. The molecule has 1 fully saturated rings. The highest BCUT2D eigenvalue weighted by Gasteiger charge is 2.20. The largest absolute Gasteiger partial charge is 0.313 e. The Morgan fingerprint density at radius 2 is 2.15 bits per heavy atom. The molecule has 1 saturated heterocycles. The highest BCUT2D eigenvalue weighted by molar-refractivity contribution is 5.52. The molecule has 1 aliphatic rings. The van der Waals surface area contributed by atoms with Crippen molar-refractivity contribution in [3.05, 3.63) is 41.5 Å². The Hall–Kier alpha value is -1.12. The molecule has 0 spiro atoms. The molecule has 1 heterocycles. The van der Waals surface area contributed by atoms with Gasteiger partial charge in [0.05, 0.1) is 0 Å². The van der Waals surface area contributed by atoms with Crippen molar-refractivity contribution in [1.82, 2.24) is 10.2 Å². The van der Waals surface area contributed by atoms with Crippen molar-refractivity contribution >= 4 is 6.08 Å². The van der Waals surface area contributed by atoms with E-state index < -0.39 is 0 Å². The van der Waals surface area contributed by atoms with Gasteiger partial charge in [0.2, 0.25) is 0 Å². The summed E-state index contributed by atoms with van der Waals surface area (Å²) >= 11 is 0. The van der Waals surface area contributed by atoms with E-state index in [-0.39, 0.29) is 0 Å². The van der Waals surface area contributed by atoms with Gasteiger partial charge in [-0.25, -0.2) is 0 Å². The number of nitrogens with zero attached hydrogens (tertiary/aromatic N) is 1. The third-order valence-electron chi connectivity index (χ3n) is 3.96. The first-order chi connectivity index (χ1) is 9.78. The summed E-state index contributed by atoms with van der Waals surface area (Å²) in [5, 5.41) is 3.62. The van der Waals surface area contributed by atoms with Crippen molar-refractivity contribution < 1.29 is 0 Å². The highest BCUT2D eigenvalue weighted by atomic mass is 15.1. The van der Waals surface area contributed by atoms with Crippen molar-refractivity contribution in [1.29, 1.82) is 0 Å². The Bertz CT molecular complexity index is 411. The Kier molecular flexibility index (Phi) is 6.28. The first kappa shape index (κ1) is 15.3. The fraction of sp³-hybridized carbons (Fsp3) is 0.556. The van der Waals surface area contributed by atoms with Crippen molar-refractivity contribution in [2.24, 2.45) is 5.92 Å². The number of hydrogen-bond donors (Lipinski definition) is 1. The molecule has 0 amide bonds. The van der Waals surface area contributed by atoms with E-state index in [1.807, 2.05) is 0 Å². The minimum atomic E-state index is 0.839. The van der Waals surface area contributed by atoms with Gasteiger partial charge in [0, 0.05) is 13.1 Å². The SMILES string of the molecule is CCCN1CCC(CNC/C(C)=C/c2ccccc2)C1. The van der Waals surface area contributed by atoms with Crippen LogP contribution in [-0.2, 0) is 0 Å². The number of likely N-dealkylation sites (tertiary alicyclic amines) is 1. The fourth-order valence-corrected chi connectivity index (χ4v) is 2.96. The summed E-state index contributed by atoms with van der Waals surface area (Å²) in [4.78, 5) is 2.60. The maximum absolute atomic E-state index is 3.62. The fourth-order valence-electron chi connectivity index (χ4n) is 2.96. The van der Waals surface area contributed by atoms with Crippen LogP contribution in [0.2, 0.25) is 0 Å². The summed E-state index contributed by atoms with van der Waals surface area (Å²) < 4.78 is 0. The lowest BCUT2D eigenvalue weighted by Gasteiger charge is -2.15. The maximum Gasteiger partial charge on any atom is 0.0165 e. The smallest absolute Gasteiger partial charge is 0.0165 e. The molecule has 1 aliphatic heterocycles. The van der Waals surface area contributed by atoms with E-state index in [0.717, 1.165) is 19.0 Å². The summed E-state index contributed by atoms with van der Waals surface area (Å²) in [5.74, 6) is 0.839. The van der Waals surface area contributed by atoms with Gasteiger partial charge < -0.3 is 10.2 Å². The second-order valence-corrected chi connectivity index (χ2v) is 5.99. The van der Waals surface area contributed by atoms with Crippen LogP contribution in [0.25, 0.3) is 6.08 Å². The van der Waals surface area contributed by atoms with Gasteiger partial charge in [0.1, 0.15) is 0 Å². The highest BCUT2D eigenvalue weighted by Crippen LogP contribution is 2.15. The molecular formula is C18H28N2. The number of rotatable bonds is 7. The van der Waals surface area contributed by atoms with Crippen molar-refractivity contribution in [2.45, 2.75) is 26.7 Å². The lowest BCUT2D eigenvalue weighted by atomic mass is 10.1. The minimum absolute atomic E-state index is 0.839. The van der Waals surface area contributed by atoms with Crippen LogP contribution in [0.4, 0.5) is 0 Å². The second-order valence-electron chi connectivity index (χ2n) is 5.99. The van der Waals surface area contributed by atoms with Crippen LogP contribution in [-0.4, -0.2) is 37.6 Å². The summed E-state index contributed by atoms with van der Waals surface area (Å²) in [6, 6.07) is 10.6. The van der Waals surface area contributed by atoms with Crippen molar-refractivity contribution in [3.63, 3.8) is 0 Å². The van der Waals surface area contributed by atoms with Crippen molar-refractivity contribution in [2.75, 3.05) is 32.7 Å². The molecule has 0 aromatic heterocycles. The Morgan fingerprint density at radius 3 is 2.90 bits per heavy atom. The topological polar surface area (TPSA) is 15.3 Å². The zero-order chi connectivity index (χ0) is 14.2. The van der Waals surface area contributed by atoms with Gasteiger partial charge in [-0.1, -0.05) is 48.9 Å². The lowest BCUT2D eigenvalue weighted by Crippen LogP contribution is -2.27. The van der Waals surface area contributed by atoms with Crippen LogP contribution in [0.3, 0.4) is 0 Å². The van der Waals surface area contributed by atoms with E-state index in [1.54, 1.807) is 0 Å². The van der Waals surface area contributed by atoms with Gasteiger partial charge in [-0.05, 0) is 50.9 Å². The third kappa shape index (κ3) is 5.10. The normalized spacial score (nSPS) is 20.5. The van der Waals surface area contributed by atoms with Crippen LogP contribution >= 0.6 is 0 Å². The molecule has 2 rings (SSSR count). The second kappa shape index (κ2) is 8.23. The summed E-state index contributed by atoms with van der Waals surface area (Å²) in [5.41, 5.74) is 2.70. The standard InChI is InChI=1S/C18H28N2/c1-3-10-20-11-9-18(15-20)14-19-13-16(2)12-17-7-5-4-6-8-17/h4-8,12,18-19H,3,9-11,13-15H2,1-2H3/b16-12+. The lowest BCUT2D eigenvalue weighted by molar-refractivity contribution is 0.323. The average molecular weight is 272 g/mol. The van der Waals surface area contributed by atoms with Crippen LogP contribution in [0.15, 0.2) is 35.9 Å². The van der Waals surface area contributed by atoms with Crippen LogP contribution in [0.1, 0.15) is 32.3 Å². The summed E-state index contributed by atoms with van der Waals surface area (Å²) in [6.07, 6.45) is 4.90. The first-order valence-corrected chi connectivity index (χ1v) is 7.93. The predicted octanol–water partition coefficient (Wildman–Crippen LogP) is 3.41. The van der Waals surface area contributed by atoms with E-state index in [1.165, 1.54) is 43.6 Å². The van der Waals surface area contributed by atoms with Crippen molar-refractivity contribution in [3.8, 4) is 0 Å². The van der Waals surface area contributed by atoms with Crippen LogP contribution < -0.4 is 5.32 Å². The molecule has 2 heteroatoms. The predicted molar refractivity (Wildman–Crippen MR) is 87.8 cm³/mol. The first-order valence-electron chi connectivity index (χ1n) is 7.93. The molecule has 2 nitrogen and oxygen atoms in total. The number of hydrogen-bond acceptors (Lipinski definition) is 2. The summed E-state index contributed by atoms with van der Waals surface area (Å²) in [7, 11) is 0. The zero-order valence-corrected chi connectivity index (χ0v) is 12.9. The molecule has 1 aromatic rings. The molecule has 1 unspecified atom stereocenters. The molecule has 0 aliphatic carbocycles. The molecule has 110 valence electrons. The van der Waals surface area contributed by atoms with Gasteiger partial charge in [0.25, 0.3) is 0 Å². The average Bonchev–Trinajstić information content (AvgIpc) is 2.88. The molecule has 20 heavy (non-hydrogen) atoms. The molecule has 1 N–H and O–H groups in total. The quantitative estimate of drug-likeness (QED) is 0.818. The zero-order valence-electron chi connectivity index (χ0n) is 12.9. The number of benzene rings is 1. The number of nitrogens with one attached hydrogen (secondary N) is 1. The van der Waals surface area contributed by atoms with Crippen LogP contribution in [0.5, 0.6) is 0 Å². The van der Waals surface area contributed by atoms with Gasteiger partial charge in [-0.15, -0.1) is 0 Å². The Labute approximate surface area is 123 Å². The Morgan fingerprint density at radius 1 is 1.35 bits per heavy atom. The van der Waals surface area contributed by atoms with Gasteiger partial charge >= 0.3 is 0 Å². The van der Waals surface area contributed by atoms with E-state index in [4.69, 9.17) is 0 Å². The molecule has 0 radical (unpaired) electrons. The van der Waals surface area contributed by atoms with Gasteiger partial charge in [-0.2, -0.15) is 0 Å². The molecule has 0 saturated carbocycles. The van der Waals surface area contributed by atoms with E-state index in [2.05, 4.69) is 60.5 Å². The molecule has 1 atom stereocenters. The Balaban J connectivity index is 1.67. The van der Waals surface area contributed by atoms with Crippen LogP contribution in [0, 0.1) is 5.92 Å². The molecular weight excluding hydrogens is 244 g/mol. The van der Waals surface area contributed by atoms with E-state index >= 15 is 0 Å².